The minimum absolute atomic E-state index is 0.0377. The molecule has 4 amide bonds. The summed E-state index contributed by atoms with van der Waals surface area (Å²) in [5.74, 6) is 1.94. The molecule has 4 aliphatic heterocycles. The molecule has 4 aromatic heterocycles. The van der Waals surface area contributed by atoms with Gasteiger partial charge in [0.1, 0.15) is 0 Å². The molecule has 0 fully saturated rings. The molecule has 0 radical (unpaired) electrons. The smallest absolute Gasteiger partial charge is 0.261 e. The van der Waals surface area contributed by atoms with Crippen LogP contribution in [0.2, 0.25) is 0 Å². The summed E-state index contributed by atoms with van der Waals surface area (Å²) < 4.78 is 1.03. The predicted molar refractivity (Wildman–Crippen MR) is 456 cm³/mol. The van der Waals surface area contributed by atoms with Crippen LogP contribution < -0.4 is 0 Å². The SMILES string of the molecule is CCCCCCCCC(CCCCC)CN1C(=O)C2=C(c3cccs3)N(CC(CCCCCC)CCCCCCCC)C(=O)C2=C1c1cccs1.CCCCCCCCC(CCCCCC)CN1C(=O)C2=C(c3ccc(Br)s3)N(CC(CCCCCC)CCCCCCCC)C(=O)C2=C1c1cccs1. The number of hydrogen-bond donors (Lipinski definition) is 0. The Hall–Kier alpha value is -3.88. The Labute approximate surface area is 658 Å². The summed E-state index contributed by atoms with van der Waals surface area (Å²) in [7, 11) is 0. The molecule has 0 N–H and O–H groups in total. The summed E-state index contributed by atoms with van der Waals surface area (Å²) in [6.45, 7) is 21.0. The molecule has 0 saturated heterocycles. The Bertz CT molecular complexity index is 3190. The molecule has 13 heteroatoms. The molecule has 580 valence electrons. The maximum absolute atomic E-state index is 15.0. The van der Waals surface area contributed by atoms with Gasteiger partial charge in [-0.15, -0.1) is 45.3 Å². The molecule has 8 heterocycles. The van der Waals surface area contributed by atoms with E-state index in [0.717, 1.165) is 97.4 Å². The van der Waals surface area contributed by atoms with Crippen LogP contribution in [0.1, 0.15) is 377 Å². The van der Waals surface area contributed by atoms with E-state index in [4.69, 9.17) is 0 Å². The average molecular weight is 1560 g/mol. The molecular weight excluding hydrogens is 1420 g/mol. The number of halogens is 1. The lowest BCUT2D eigenvalue weighted by Crippen LogP contribution is -2.34. The summed E-state index contributed by atoms with van der Waals surface area (Å²) in [6.07, 6.45) is 58.6. The van der Waals surface area contributed by atoms with E-state index in [2.05, 4.69) is 146 Å². The van der Waals surface area contributed by atoms with Crippen molar-refractivity contribution in [3.8, 4) is 0 Å². The molecule has 0 aliphatic carbocycles. The van der Waals surface area contributed by atoms with Gasteiger partial charge in [0.2, 0.25) is 0 Å². The van der Waals surface area contributed by atoms with Crippen molar-refractivity contribution in [3.63, 3.8) is 0 Å². The van der Waals surface area contributed by atoms with Crippen molar-refractivity contribution >= 4 is 108 Å². The monoisotopic (exact) mass is 1560 g/mol. The molecule has 8 nitrogen and oxygen atoms in total. The first kappa shape index (κ1) is 87.3. The number of carbonyl (C=O) groups is 4. The molecule has 4 unspecified atom stereocenters. The van der Waals surface area contributed by atoms with E-state index in [0.29, 0.717) is 72.1 Å². The summed E-state index contributed by atoms with van der Waals surface area (Å²) in [5.41, 5.74) is 6.14. The second kappa shape index (κ2) is 50.8. The van der Waals surface area contributed by atoms with Crippen LogP contribution in [0.3, 0.4) is 0 Å². The second-order valence-corrected chi connectivity index (χ2v) is 36.6. The summed E-state index contributed by atoms with van der Waals surface area (Å²) in [5, 5.41) is 6.27. The zero-order valence-electron chi connectivity index (χ0n) is 66.7. The standard InChI is InChI=1S/C46H71BrN2O2S2.C45H70N2O2S2/c1-5-9-13-17-19-23-28-36(26-21-15-11-7-3)34-48-43(38-30-25-33-52-38)41-42(46(48)51)44(39-31-32-40(47)53-39)49(45(41)50)35-37(27-22-16-12-8-4)29-24-20-18-14-10-6-2;1-5-9-13-16-18-22-28-36(26-20-12-8-4)34-46-42(38-30-24-32-50-38)40-41(44(46)48)43(39-31-25-33-51-39)47(45(40)49)35-37(27-21-15-11-7-3)29-23-19-17-14-10-6-2/h25,30-33,36-37H,5-24,26-29,34-35H2,1-4H3;24-25,30-33,36-37H,5-23,26-29,34-35H2,1-4H3. The normalized spacial score (nSPS) is 15.9. The topological polar surface area (TPSA) is 81.2 Å². The maximum Gasteiger partial charge on any atom is 0.261 e. The van der Waals surface area contributed by atoms with Crippen LogP contribution in [0.4, 0.5) is 0 Å². The fourth-order valence-electron chi connectivity index (χ4n) is 16.7. The number of fused-ring (bicyclic) bond motifs is 2. The van der Waals surface area contributed by atoms with Crippen molar-refractivity contribution in [2.75, 3.05) is 26.2 Å². The molecule has 0 spiro atoms. The van der Waals surface area contributed by atoms with Gasteiger partial charge in [-0.05, 0) is 137 Å². The first-order chi connectivity index (χ1) is 51.0. The number of unbranched alkanes of at least 4 members (excludes halogenated alkanes) is 31. The highest BCUT2D eigenvalue weighted by Gasteiger charge is 2.52. The first-order valence-electron chi connectivity index (χ1n) is 43.1. The van der Waals surface area contributed by atoms with Crippen molar-refractivity contribution in [1.29, 1.82) is 0 Å². The Morgan fingerprint density at radius 2 is 0.471 bits per heavy atom. The van der Waals surface area contributed by atoms with Gasteiger partial charge in [0.25, 0.3) is 23.6 Å². The van der Waals surface area contributed by atoms with Crippen LogP contribution in [0, 0.1) is 23.7 Å². The van der Waals surface area contributed by atoms with Gasteiger partial charge in [0.05, 0.1) is 68.4 Å². The third-order valence-corrected chi connectivity index (χ3v) is 26.9. The van der Waals surface area contributed by atoms with Gasteiger partial charge in [-0.1, -0.05) is 324 Å². The zero-order valence-corrected chi connectivity index (χ0v) is 71.5. The van der Waals surface area contributed by atoms with E-state index in [1.54, 1.807) is 45.3 Å². The second-order valence-electron chi connectivity index (χ2n) is 31.3. The van der Waals surface area contributed by atoms with Gasteiger partial charge in [-0.3, -0.25) is 19.2 Å². The molecule has 4 aromatic rings. The van der Waals surface area contributed by atoms with E-state index in [1.165, 1.54) is 250 Å². The van der Waals surface area contributed by atoms with Crippen LogP contribution in [0.5, 0.6) is 0 Å². The van der Waals surface area contributed by atoms with E-state index < -0.39 is 0 Å². The van der Waals surface area contributed by atoms with Gasteiger partial charge in [-0.2, -0.15) is 0 Å². The molecule has 8 rings (SSSR count). The quantitative estimate of drug-likeness (QED) is 0.0413. The minimum Gasteiger partial charge on any atom is -0.306 e. The fraction of sp³-hybridized carbons (Fsp3) is 0.692. The van der Waals surface area contributed by atoms with Crippen LogP contribution in [-0.4, -0.2) is 69.4 Å². The highest BCUT2D eigenvalue weighted by Crippen LogP contribution is 2.52. The van der Waals surface area contributed by atoms with Crippen LogP contribution in [0.25, 0.3) is 22.8 Å². The molecule has 104 heavy (non-hydrogen) atoms. The Morgan fingerprint density at radius 1 is 0.269 bits per heavy atom. The number of nitrogens with zero attached hydrogens (tertiary/aromatic N) is 4. The van der Waals surface area contributed by atoms with Crippen molar-refractivity contribution < 1.29 is 19.2 Å². The molecule has 4 aliphatic rings. The number of carbonyl (C=O) groups excluding carboxylic acids is 4. The summed E-state index contributed by atoms with van der Waals surface area (Å²) in [6, 6.07) is 16.7. The molecule has 0 aromatic carbocycles. The lowest BCUT2D eigenvalue weighted by Gasteiger charge is -2.29. The Balaban J connectivity index is 0.000000291. The third-order valence-electron chi connectivity index (χ3n) is 22.7. The van der Waals surface area contributed by atoms with Gasteiger partial charge in [0, 0.05) is 26.2 Å². The number of hydrogen-bond acceptors (Lipinski definition) is 8. The van der Waals surface area contributed by atoms with Crippen molar-refractivity contribution in [2.45, 2.75) is 357 Å². The summed E-state index contributed by atoms with van der Waals surface area (Å²) in [4.78, 5) is 72.1. The molecule has 0 bridgehead atoms. The fourth-order valence-corrected chi connectivity index (χ4v) is 20.5. The minimum atomic E-state index is 0.0377. The third kappa shape index (κ3) is 27.0. The van der Waals surface area contributed by atoms with Crippen molar-refractivity contribution in [2.24, 2.45) is 23.7 Å². The van der Waals surface area contributed by atoms with E-state index in [9.17, 15) is 9.59 Å². The Morgan fingerprint density at radius 3 is 0.683 bits per heavy atom. The highest BCUT2D eigenvalue weighted by molar-refractivity contribution is 9.11. The average Bonchev–Trinajstić information content (AvgIpc) is 1.56. The predicted octanol–water partition coefficient (Wildman–Crippen LogP) is 29.0. The van der Waals surface area contributed by atoms with Crippen LogP contribution in [0.15, 0.2) is 90.7 Å². The van der Waals surface area contributed by atoms with E-state index in [1.807, 2.05) is 9.80 Å². The zero-order chi connectivity index (χ0) is 74.1. The lowest BCUT2D eigenvalue weighted by atomic mass is 9.93. The van der Waals surface area contributed by atoms with Crippen LogP contribution in [-0.2, 0) is 19.2 Å². The Kier molecular flexibility index (Phi) is 42.6. The van der Waals surface area contributed by atoms with Crippen LogP contribution >= 0.6 is 61.3 Å². The molecule has 0 saturated carbocycles. The van der Waals surface area contributed by atoms with Crippen molar-refractivity contribution in [1.82, 2.24) is 19.6 Å². The van der Waals surface area contributed by atoms with Gasteiger partial charge < -0.3 is 19.6 Å². The number of amides is 4. The number of thiophene rings is 4. The first-order valence-corrected chi connectivity index (χ1v) is 47.4. The lowest BCUT2D eigenvalue weighted by molar-refractivity contribution is -0.124. The number of rotatable bonds is 59. The van der Waals surface area contributed by atoms with E-state index in [-0.39, 0.29) is 23.6 Å². The van der Waals surface area contributed by atoms with E-state index >= 15 is 9.59 Å². The summed E-state index contributed by atoms with van der Waals surface area (Å²) >= 11 is 10.3. The van der Waals surface area contributed by atoms with Gasteiger partial charge in [0.15, 0.2) is 0 Å². The van der Waals surface area contributed by atoms with Crippen molar-refractivity contribution in [3.05, 3.63) is 110 Å². The molecule has 4 atom stereocenters. The highest BCUT2D eigenvalue weighted by atomic mass is 79.9. The maximum atomic E-state index is 15.0. The molecular formula is C91H141BrN4O4S4. The van der Waals surface area contributed by atoms with Gasteiger partial charge >= 0.3 is 0 Å². The van der Waals surface area contributed by atoms with Gasteiger partial charge in [-0.25, -0.2) is 0 Å². The largest absolute Gasteiger partial charge is 0.306 e.